The summed E-state index contributed by atoms with van der Waals surface area (Å²) in [5.41, 5.74) is 0. The van der Waals surface area contributed by atoms with Crippen LogP contribution < -0.4 is 5.32 Å². The zero-order valence-corrected chi connectivity index (χ0v) is 9.02. The van der Waals surface area contributed by atoms with Gasteiger partial charge in [0.2, 0.25) is 6.41 Å². The molecule has 1 atom stereocenters. The fraction of sp³-hybridized carbons (Fsp3) is 0.900. The zero-order valence-electron chi connectivity index (χ0n) is 9.02. The van der Waals surface area contributed by atoms with Crippen molar-refractivity contribution in [1.29, 1.82) is 0 Å². The van der Waals surface area contributed by atoms with Crippen LogP contribution in [0.4, 0.5) is 0 Å². The average Bonchev–Trinajstić information content (AvgIpc) is 2.31. The summed E-state index contributed by atoms with van der Waals surface area (Å²) in [6.45, 7) is 7.40. The quantitative estimate of drug-likeness (QED) is 0.595. The lowest BCUT2D eigenvalue weighted by Gasteiger charge is -2.35. The second kappa shape index (κ2) is 5.44. The highest BCUT2D eigenvalue weighted by Crippen LogP contribution is 2.06. The van der Waals surface area contributed by atoms with E-state index in [1.54, 1.807) is 4.90 Å². The minimum absolute atomic E-state index is 0.196. The van der Waals surface area contributed by atoms with Crippen LogP contribution in [0.25, 0.3) is 0 Å². The second-order valence-corrected chi connectivity index (χ2v) is 4.14. The van der Waals surface area contributed by atoms with Crippen molar-refractivity contribution in [3.05, 3.63) is 0 Å². The van der Waals surface area contributed by atoms with E-state index in [4.69, 9.17) is 4.74 Å². The molecule has 2 aliphatic rings. The molecule has 5 heteroatoms. The summed E-state index contributed by atoms with van der Waals surface area (Å²) >= 11 is 0. The Bertz CT molecular complexity index is 207. The van der Waals surface area contributed by atoms with E-state index in [2.05, 4.69) is 10.2 Å². The SMILES string of the molecule is O=CN1CCOC(CN2CCNCC2)C1. The summed E-state index contributed by atoms with van der Waals surface area (Å²) in [4.78, 5) is 14.8. The summed E-state index contributed by atoms with van der Waals surface area (Å²) in [5.74, 6) is 0. The van der Waals surface area contributed by atoms with Crippen LogP contribution in [0.5, 0.6) is 0 Å². The molecule has 1 N–H and O–H groups in total. The summed E-state index contributed by atoms with van der Waals surface area (Å²) in [6.07, 6.45) is 1.12. The molecule has 0 spiro atoms. The third-order valence-corrected chi connectivity index (χ3v) is 2.99. The number of amides is 1. The largest absolute Gasteiger partial charge is 0.373 e. The number of hydrogen-bond acceptors (Lipinski definition) is 4. The molecule has 0 bridgehead atoms. The van der Waals surface area contributed by atoms with Crippen LogP contribution >= 0.6 is 0 Å². The molecule has 0 aliphatic carbocycles. The molecule has 2 saturated heterocycles. The van der Waals surface area contributed by atoms with E-state index >= 15 is 0 Å². The molecular weight excluding hydrogens is 194 g/mol. The molecule has 1 unspecified atom stereocenters. The number of rotatable bonds is 3. The van der Waals surface area contributed by atoms with Gasteiger partial charge < -0.3 is 15.0 Å². The van der Waals surface area contributed by atoms with Gasteiger partial charge in [-0.1, -0.05) is 0 Å². The summed E-state index contributed by atoms with van der Waals surface area (Å²) in [7, 11) is 0. The minimum Gasteiger partial charge on any atom is -0.373 e. The van der Waals surface area contributed by atoms with Gasteiger partial charge in [-0.2, -0.15) is 0 Å². The third kappa shape index (κ3) is 3.15. The Balaban J connectivity index is 1.75. The average molecular weight is 213 g/mol. The van der Waals surface area contributed by atoms with Crippen molar-refractivity contribution >= 4 is 6.41 Å². The normalized spacial score (nSPS) is 29.1. The van der Waals surface area contributed by atoms with E-state index < -0.39 is 0 Å². The van der Waals surface area contributed by atoms with E-state index in [1.165, 1.54) is 0 Å². The molecule has 2 heterocycles. The zero-order chi connectivity index (χ0) is 10.5. The van der Waals surface area contributed by atoms with Gasteiger partial charge >= 0.3 is 0 Å². The lowest BCUT2D eigenvalue weighted by molar-refractivity contribution is -0.126. The molecule has 2 rings (SSSR count). The monoisotopic (exact) mass is 213 g/mol. The van der Waals surface area contributed by atoms with Crippen LogP contribution in [0.1, 0.15) is 0 Å². The number of morpholine rings is 1. The molecule has 5 nitrogen and oxygen atoms in total. The predicted octanol–water partition coefficient (Wildman–Crippen LogP) is -1.25. The number of carbonyl (C=O) groups is 1. The Morgan fingerprint density at radius 3 is 2.87 bits per heavy atom. The first-order valence-electron chi connectivity index (χ1n) is 5.62. The van der Waals surface area contributed by atoms with Gasteiger partial charge in [0.1, 0.15) is 0 Å². The molecule has 0 saturated carbocycles. The van der Waals surface area contributed by atoms with E-state index in [0.29, 0.717) is 6.61 Å². The number of carbonyl (C=O) groups excluding carboxylic acids is 1. The highest BCUT2D eigenvalue weighted by atomic mass is 16.5. The fourth-order valence-electron chi connectivity index (χ4n) is 2.13. The Hall–Kier alpha value is -0.650. The van der Waals surface area contributed by atoms with Gasteiger partial charge in [0.25, 0.3) is 0 Å². The lowest BCUT2D eigenvalue weighted by Crippen LogP contribution is -2.51. The Morgan fingerprint density at radius 2 is 2.13 bits per heavy atom. The van der Waals surface area contributed by atoms with Crippen LogP contribution in [0, 0.1) is 0 Å². The maximum Gasteiger partial charge on any atom is 0.209 e. The molecule has 0 aromatic carbocycles. The first-order valence-corrected chi connectivity index (χ1v) is 5.62. The number of hydrogen-bond donors (Lipinski definition) is 1. The van der Waals surface area contributed by atoms with Gasteiger partial charge in [0.15, 0.2) is 0 Å². The fourth-order valence-corrected chi connectivity index (χ4v) is 2.13. The summed E-state index contributed by atoms with van der Waals surface area (Å²) < 4.78 is 5.65. The van der Waals surface area contributed by atoms with Crippen molar-refractivity contribution in [3.8, 4) is 0 Å². The van der Waals surface area contributed by atoms with Gasteiger partial charge in [0.05, 0.1) is 12.7 Å². The van der Waals surface area contributed by atoms with E-state index in [0.717, 1.165) is 52.2 Å². The third-order valence-electron chi connectivity index (χ3n) is 2.99. The van der Waals surface area contributed by atoms with Crippen LogP contribution in [0.15, 0.2) is 0 Å². The molecule has 15 heavy (non-hydrogen) atoms. The van der Waals surface area contributed by atoms with E-state index in [9.17, 15) is 4.79 Å². The molecule has 2 fully saturated rings. The van der Waals surface area contributed by atoms with Gasteiger partial charge in [0, 0.05) is 45.8 Å². The summed E-state index contributed by atoms with van der Waals surface area (Å²) in [6, 6.07) is 0. The Morgan fingerprint density at radius 1 is 1.33 bits per heavy atom. The Labute approximate surface area is 90.4 Å². The van der Waals surface area contributed by atoms with E-state index in [-0.39, 0.29) is 6.10 Å². The van der Waals surface area contributed by atoms with Gasteiger partial charge in [-0.15, -0.1) is 0 Å². The van der Waals surface area contributed by atoms with Gasteiger partial charge in [-0.05, 0) is 0 Å². The second-order valence-electron chi connectivity index (χ2n) is 4.14. The van der Waals surface area contributed by atoms with Crippen LogP contribution in [-0.2, 0) is 9.53 Å². The maximum absolute atomic E-state index is 10.6. The molecule has 0 aromatic rings. The number of piperazine rings is 1. The van der Waals surface area contributed by atoms with Crippen molar-refractivity contribution in [2.75, 3.05) is 52.4 Å². The van der Waals surface area contributed by atoms with Crippen LogP contribution in [-0.4, -0.2) is 74.7 Å². The van der Waals surface area contributed by atoms with Crippen molar-refractivity contribution < 1.29 is 9.53 Å². The molecular formula is C10H19N3O2. The maximum atomic E-state index is 10.6. The number of ether oxygens (including phenoxy) is 1. The molecule has 86 valence electrons. The van der Waals surface area contributed by atoms with E-state index in [1.807, 2.05) is 0 Å². The summed E-state index contributed by atoms with van der Waals surface area (Å²) in [5, 5.41) is 3.32. The molecule has 1 amide bonds. The molecule has 0 radical (unpaired) electrons. The lowest BCUT2D eigenvalue weighted by atomic mass is 10.2. The highest BCUT2D eigenvalue weighted by Gasteiger charge is 2.22. The first kappa shape index (κ1) is 10.9. The molecule has 0 aromatic heterocycles. The highest BCUT2D eigenvalue weighted by molar-refractivity contribution is 5.47. The standard InChI is InChI=1S/C10H19N3O2/c14-9-13-5-6-15-10(8-13)7-12-3-1-11-2-4-12/h9-11H,1-8H2. The van der Waals surface area contributed by atoms with Crippen molar-refractivity contribution in [2.45, 2.75) is 6.10 Å². The van der Waals surface area contributed by atoms with Crippen LogP contribution in [0.3, 0.4) is 0 Å². The van der Waals surface area contributed by atoms with Crippen molar-refractivity contribution in [2.24, 2.45) is 0 Å². The van der Waals surface area contributed by atoms with Gasteiger partial charge in [-0.25, -0.2) is 0 Å². The smallest absolute Gasteiger partial charge is 0.209 e. The van der Waals surface area contributed by atoms with Crippen molar-refractivity contribution in [1.82, 2.24) is 15.1 Å². The topological polar surface area (TPSA) is 44.8 Å². The molecule has 2 aliphatic heterocycles. The van der Waals surface area contributed by atoms with Crippen molar-refractivity contribution in [3.63, 3.8) is 0 Å². The first-order chi connectivity index (χ1) is 7.38. The minimum atomic E-state index is 0.196. The Kier molecular flexibility index (Phi) is 3.94. The number of nitrogens with zero attached hydrogens (tertiary/aromatic N) is 2. The van der Waals surface area contributed by atoms with Gasteiger partial charge in [-0.3, -0.25) is 9.69 Å². The predicted molar refractivity (Wildman–Crippen MR) is 56.7 cm³/mol. The number of nitrogens with one attached hydrogen (secondary N) is 1. The van der Waals surface area contributed by atoms with Crippen LogP contribution in [0.2, 0.25) is 0 Å².